The molecule has 8 nitrogen and oxygen atoms in total. The highest BCUT2D eigenvalue weighted by Crippen LogP contribution is 2.16. The average molecular weight is 439 g/mol. The van der Waals surface area contributed by atoms with E-state index >= 15 is 0 Å². The van der Waals surface area contributed by atoms with E-state index in [1.807, 2.05) is 23.8 Å². The highest BCUT2D eigenvalue weighted by atomic mass is 32.2. The van der Waals surface area contributed by atoms with E-state index in [-0.39, 0.29) is 10.5 Å². The van der Waals surface area contributed by atoms with Crippen molar-refractivity contribution in [1.82, 2.24) is 4.72 Å². The Kier molecular flexibility index (Phi) is 6.56. The summed E-state index contributed by atoms with van der Waals surface area (Å²) in [5, 5.41) is 5.30. The predicted octanol–water partition coefficient (Wildman–Crippen LogP) is 3.77. The zero-order valence-corrected chi connectivity index (χ0v) is 17.7. The van der Waals surface area contributed by atoms with Crippen molar-refractivity contribution in [1.29, 1.82) is 0 Å². The third kappa shape index (κ3) is 5.83. The van der Waals surface area contributed by atoms with Crippen LogP contribution in [0.25, 0.3) is 0 Å². The Morgan fingerprint density at radius 1 is 0.774 bits per heavy atom. The van der Waals surface area contributed by atoms with Gasteiger partial charge in [-0.1, -0.05) is 17.7 Å². The summed E-state index contributed by atoms with van der Waals surface area (Å²) in [5.74, 6) is -0.212. The van der Waals surface area contributed by atoms with Gasteiger partial charge < -0.3 is 15.4 Å². The fourth-order valence-electron chi connectivity index (χ4n) is 2.63. The number of aryl methyl sites for hydroxylation is 1. The molecule has 0 aliphatic heterocycles. The Labute approximate surface area is 180 Å². The summed E-state index contributed by atoms with van der Waals surface area (Å²) in [7, 11) is -2.59. The van der Waals surface area contributed by atoms with Gasteiger partial charge in [0.1, 0.15) is 5.75 Å². The first kappa shape index (κ1) is 21.8. The van der Waals surface area contributed by atoms with Crippen LogP contribution in [0.15, 0.2) is 77.7 Å². The molecule has 0 atom stereocenters. The van der Waals surface area contributed by atoms with Crippen LogP contribution in [-0.2, 0) is 10.0 Å². The van der Waals surface area contributed by atoms with E-state index in [4.69, 9.17) is 4.74 Å². The lowest BCUT2D eigenvalue weighted by Gasteiger charge is -2.10. The van der Waals surface area contributed by atoms with Gasteiger partial charge in [0, 0.05) is 16.9 Å². The third-order valence-electron chi connectivity index (χ3n) is 4.31. The molecule has 3 aromatic rings. The van der Waals surface area contributed by atoms with Gasteiger partial charge in [-0.25, -0.2) is 17.9 Å². The number of urea groups is 1. The van der Waals surface area contributed by atoms with Crippen LogP contribution in [0, 0.1) is 6.92 Å². The molecule has 0 saturated carbocycles. The molecule has 0 fully saturated rings. The second-order valence-corrected chi connectivity index (χ2v) is 8.32. The van der Waals surface area contributed by atoms with E-state index in [1.165, 1.54) is 43.5 Å². The van der Waals surface area contributed by atoms with Crippen LogP contribution in [-0.4, -0.2) is 27.5 Å². The molecule has 0 aliphatic rings. The molecule has 3 amide bonds. The van der Waals surface area contributed by atoms with Crippen molar-refractivity contribution in [2.45, 2.75) is 11.8 Å². The van der Waals surface area contributed by atoms with Gasteiger partial charge in [-0.15, -0.1) is 0 Å². The zero-order chi connectivity index (χ0) is 22.4. The number of rotatable bonds is 6. The van der Waals surface area contributed by atoms with Crippen LogP contribution in [0.1, 0.15) is 15.9 Å². The zero-order valence-electron chi connectivity index (χ0n) is 16.9. The Balaban J connectivity index is 1.62. The van der Waals surface area contributed by atoms with E-state index in [9.17, 15) is 18.0 Å². The maximum absolute atomic E-state index is 12.5. The number of sulfonamides is 1. The van der Waals surface area contributed by atoms with Crippen LogP contribution in [0.4, 0.5) is 16.2 Å². The van der Waals surface area contributed by atoms with Crippen molar-refractivity contribution >= 4 is 33.3 Å². The standard InChI is InChI=1S/C22H21N3O5S/c1-15-3-7-17(8-4-15)23-22(27)24-18-9-13-20(14-10-18)31(28,29)25-21(26)16-5-11-19(30-2)12-6-16/h3-14H,1-2H3,(H,25,26)(H2,23,24,27). The number of hydrogen-bond donors (Lipinski definition) is 3. The molecule has 0 unspecified atom stereocenters. The minimum Gasteiger partial charge on any atom is -0.497 e. The van der Waals surface area contributed by atoms with Crippen LogP contribution in [0.5, 0.6) is 5.75 Å². The summed E-state index contributed by atoms with van der Waals surface area (Å²) in [6.45, 7) is 1.94. The number of carbonyl (C=O) groups is 2. The van der Waals surface area contributed by atoms with Crippen molar-refractivity contribution in [3.05, 3.63) is 83.9 Å². The molecule has 0 aromatic heterocycles. The molecule has 9 heteroatoms. The summed E-state index contributed by atoms with van der Waals surface area (Å²) < 4.78 is 32.0. The van der Waals surface area contributed by atoms with Gasteiger partial charge in [0.25, 0.3) is 15.9 Å². The summed E-state index contributed by atoms with van der Waals surface area (Å²) in [6.07, 6.45) is 0. The number of anilines is 2. The average Bonchev–Trinajstić information content (AvgIpc) is 2.75. The normalized spacial score (nSPS) is 10.8. The summed E-state index contributed by atoms with van der Waals surface area (Å²) in [6, 6.07) is 18.3. The second-order valence-electron chi connectivity index (χ2n) is 6.63. The lowest BCUT2D eigenvalue weighted by molar-refractivity contribution is 0.0981. The number of amides is 3. The number of benzene rings is 3. The molecule has 31 heavy (non-hydrogen) atoms. The lowest BCUT2D eigenvalue weighted by atomic mass is 10.2. The molecule has 160 valence electrons. The van der Waals surface area contributed by atoms with Gasteiger partial charge in [-0.05, 0) is 67.6 Å². The second kappa shape index (κ2) is 9.31. The summed E-state index contributed by atoms with van der Waals surface area (Å²) in [5.41, 5.74) is 2.27. The fraction of sp³-hybridized carbons (Fsp3) is 0.0909. The fourth-order valence-corrected chi connectivity index (χ4v) is 3.60. The minimum atomic E-state index is -4.08. The minimum absolute atomic E-state index is 0.112. The molecule has 3 N–H and O–H groups in total. The molecule has 0 aliphatic carbocycles. The van der Waals surface area contributed by atoms with Gasteiger partial charge in [-0.2, -0.15) is 0 Å². The summed E-state index contributed by atoms with van der Waals surface area (Å²) in [4.78, 5) is 24.2. The van der Waals surface area contributed by atoms with Gasteiger partial charge in [0.2, 0.25) is 0 Å². The maximum Gasteiger partial charge on any atom is 0.323 e. The van der Waals surface area contributed by atoms with E-state index < -0.39 is 22.0 Å². The van der Waals surface area contributed by atoms with Gasteiger partial charge in [-0.3, -0.25) is 4.79 Å². The Hall–Kier alpha value is -3.85. The SMILES string of the molecule is COc1ccc(C(=O)NS(=O)(=O)c2ccc(NC(=O)Nc3ccc(C)cc3)cc2)cc1. The largest absolute Gasteiger partial charge is 0.497 e. The number of methoxy groups -OCH3 is 1. The predicted molar refractivity (Wildman–Crippen MR) is 118 cm³/mol. The van der Waals surface area contributed by atoms with Crippen LogP contribution in [0.3, 0.4) is 0 Å². The Morgan fingerprint density at radius 3 is 1.81 bits per heavy atom. The monoisotopic (exact) mass is 439 g/mol. The van der Waals surface area contributed by atoms with Crippen LogP contribution < -0.4 is 20.1 Å². The van der Waals surface area contributed by atoms with Crippen LogP contribution >= 0.6 is 0 Å². The Bertz CT molecular complexity index is 1170. The topological polar surface area (TPSA) is 114 Å². The molecule has 0 bridgehead atoms. The smallest absolute Gasteiger partial charge is 0.323 e. The Morgan fingerprint density at radius 2 is 1.29 bits per heavy atom. The molecular weight excluding hydrogens is 418 g/mol. The van der Waals surface area contributed by atoms with Crippen molar-refractivity contribution < 1.29 is 22.7 Å². The first-order valence-corrected chi connectivity index (χ1v) is 10.7. The van der Waals surface area contributed by atoms with Crippen LogP contribution in [0.2, 0.25) is 0 Å². The number of nitrogens with one attached hydrogen (secondary N) is 3. The highest BCUT2D eigenvalue weighted by Gasteiger charge is 2.19. The molecule has 3 aromatic carbocycles. The van der Waals surface area contributed by atoms with E-state index in [0.29, 0.717) is 17.1 Å². The number of hydrogen-bond acceptors (Lipinski definition) is 5. The first-order valence-electron chi connectivity index (χ1n) is 9.23. The molecule has 0 saturated heterocycles. The number of ether oxygens (including phenoxy) is 1. The number of carbonyl (C=O) groups excluding carboxylic acids is 2. The molecule has 0 spiro atoms. The van der Waals surface area contributed by atoms with E-state index in [0.717, 1.165) is 5.56 Å². The van der Waals surface area contributed by atoms with Crippen molar-refractivity contribution in [3.63, 3.8) is 0 Å². The van der Waals surface area contributed by atoms with Crippen molar-refractivity contribution in [3.8, 4) is 5.75 Å². The third-order valence-corrected chi connectivity index (χ3v) is 5.66. The first-order chi connectivity index (χ1) is 14.8. The van der Waals surface area contributed by atoms with Gasteiger partial charge in [0.05, 0.1) is 12.0 Å². The summed E-state index contributed by atoms with van der Waals surface area (Å²) >= 11 is 0. The molecular formula is C22H21N3O5S. The van der Waals surface area contributed by atoms with E-state index in [2.05, 4.69) is 10.6 Å². The van der Waals surface area contributed by atoms with Crippen molar-refractivity contribution in [2.24, 2.45) is 0 Å². The highest BCUT2D eigenvalue weighted by molar-refractivity contribution is 7.90. The van der Waals surface area contributed by atoms with E-state index in [1.54, 1.807) is 24.3 Å². The maximum atomic E-state index is 12.5. The van der Waals surface area contributed by atoms with Gasteiger partial charge >= 0.3 is 6.03 Å². The quantitative estimate of drug-likeness (QED) is 0.541. The lowest BCUT2D eigenvalue weighted by Crippen LogP contribution is -2.30. The molecule has 3 rings (SSSR count). The van der Waals surface area contributed by atoms with Gasteiger partial charge in [0.15, 0.2) is 0 Å². The molecule has 0 heterocycles. The van der Waals surface area contributed by atoms with Crippen molar-refractivity contribution in [2.75, 3.05) is 17.7 Å². The molecule has 0 radical (unpaired) electrons.